The Morgan fingerprint density at radius 1 is 1.19 bits per heavy atom. The predicted molar refractivity (Wildman–Crippen MR) is 106 cm³/mol. The van der Waals surface area contributed by atoms with E-state index in [1.165, 1.54) is 0 Å². The van der Waals surface area contributed by atoms with E-state index in [0.29, 0.717) is 22.1 Å². The number of rotatable bonds is 4. The van der Waals surface area contributed by atoms with Crippen LogP contribution in [0.3, 0.4) is 0 Å². The Kier molecular flexibility index (Phi) is 5.13. The molecule has 1 aliphatic rings. The van der Waals surface area contributed by atoms with Gasteiger partial charge in [0.25, 0.3) is 0 Å². The lowest BCUT2D eigenvalue weighted by Crippen LogP contribution is -2.45. The third-order valence-corrected chi connectivity index (χ3v) is 4.49. The van der Waals surface area contributed by atoms with Gasteiger partial charge in [0.1, 0.15) is 5.75 Å². The molecule has 0 spiro atoms. The summed E-state index contributed by atoms with van der Waals surface area (Å²) in [5, 5.41) is 8.76. The maximum Gasteiger partial charge on any atom is 0.338 e. The van der Waals surface area contributed by atoms with Crippen molar-refractivity contribution < 1.29 is 14.3 Å². The molecule has 1 aliphatic heterocycles. The summed E-state index contributed by atoms with van der Waals surface area (Å²) < 4.78 is 11.1. The Morgan fingerprint density at radius 2 is 1.92 bits per heavy atom. The van der Waals surface area contributed by atoms with Gasteiger partial charge < -0.3 is 20.1 Å². The fourth-order valence-corrected chi connectivity index (χ4v) is 3.48. The quantitative estimate of drug-likeness (QED) is 0.634. The van der Waals surface area contributed by atoms with Crippen LogP contribution in [0.25, 0.3) is 10.8 Å². The van der Waals surface area contributed by atoms with Crippen molar-refractivity contribution in [2.24, 2.45) is 0 Å². The van der Waals surface area contributed by atoms with E-state index in [9.17, 15) is 4.79 Å². The molecule has 0 saturated carbocycles. The summed E-state index contributed by atoms with van der Waals surface area (Å²) in [6.45, 7) is 5.49. The van der Waals surface area contributed by atoms with Gasteiger partial charge in [0.05, 0.1) is 24.8 Å². The normalized spacial score (nSPS) is 17.1. The summed E-state index contributed by atoms with van der Waals surface area (Å²) >= 11 is 5.34. The van der Waals surface area contributed by atoms with Gasteiger partial charge in [-0.25, -0.2) is 4.79 Å². The lowest BCUT2D eigenvalue weighted by molar-refractivity contribution is -0.143. The molecular formula is C20H22N2O3S. The molecular weight excluding hydrogens is 348 g/mol. The average Bonchev–Trinajstić information content (AvgIpc) is 2.59. The topological polar surface area (TPSA) is 59.6 Å². The van der Waals surface area contributed by atoms with Gasteiger partial charge in [-0.15, -0.1) is 0 Å². The van der Waals surface area contributed by atoms with E-state index in [2.05, 4.69) is 10.6 Å². The third kappa shape index (κ3) is 3.37. The molecule has 2 aromatic rings. The Bertz CT molecular complexity index is 905. The number of allylic oxidation sites excluding steroid dienone is 1. The van der Waals surface area contributed by atoms with Crippen LogP contribution in [-0.2, 0) is 9.53 Å². The fourth-order valence-electron chi connectivity index (χ4n) is 3.21. The number of esters is 1. The molecule has 0 amide bonds. The van der Waals surface area contributed by atoms with Crippen LogP contribution in [0.1, 0.15) is 32.4 Å². The Hall–Kier alpha value is -2.60. The summed E-state index contributed by atoms with van der Waals surface area (Å²) in [5.41, 5.74) is 2.05. The maximum atomic E-state index is 12.8. The molecule has 5 nitrogen and oxygen atoms in total. The second-order valence-corrected chi connectivity index (χ2v) is 6.84. The second kappa shape index (κ2) is 7.33. The van der Waals surface area contributed by atoms with Crippen molar-refractivity contribution in [2.45, 2.75) is 32.9 Å². The van der Waals surface area contributed by atoms with Crippen molar-refractivity contribution in [1.82, 2.24) is 10.6 Å². The highest BCUT2D eigenvalue weighted by Crippen LogP contribution is 2.38. The summed E-state index contributed by atoms with van der Waals surface area (Å²) in [7, 11) is 1.62. The summed E-state index contributed by atoms with van der Waals surface area (Å²) in [5.74, 6) is 0.313. The van der Waals surface area contributed by atoms with Gasteiger partial charge in [0, 0.05) is 11.3 Å². The molecule has 0 radical (unpaired) electrons. The Labute approximate surface area is 158 Å². The molecule has 0 aliphatic carbocycles. The van der Waals surface area contributed by atoms with E-state index in [1.807, 2.05) is 57.2 Å². The molecule has 26 heavy (non-hydrogen) atoms. The number of carbonyl (C=O) groups is 1. The minimum Gasteiger partial charge on any atom is -0.496 e. The van der Waals surface area contributed by atoms with E-state index in [0.717, 1.165) is 16.3 Å². The highest BCUT2D eigenvalue weighted by atomic mass is 32.1. The smallest absolute Gasteiger partial charge is 0.338 e. The van der Waals surface area contributed by atoms with Crippen LogP contribution in [0, 0.1) is 0 Å². The molecule has 6 heteroatoms. The SMILES string of the molecule is COc1ccc2ccccc2c1C1NC(=S)NC(C)=C1C(=O)OC(C)C. The van der Waals surface area contributed by atoms with Crippen molar-refractivity contribution in [3.05, 3.63) is 53.2 Å². The first kappa shape index (κ1) is 18.2. The monoisotopic (exact) mass is 370 g/mol. The van der Waals surface area contributed by atoms with Gasteiger partial charge in [-0.1, -0.05) is 30.3 Å². The van der Waals surface area contributed by atoms with Crippen molar-refractivity contribution in [1.29, 1.82) is 0 Å². The average molecular weight is 370 g/mol. The fraction of sp³-hybridized carbons (Fsp3) is 0.300. The third-order valence-electron chi connectivity index (χ3n) is 4.27. The first-order chi connectivity index (χ1) is 12.4. The van der Waals surface area contributed by atoms with E-state index >= 15 is 0 Å². The minimum atomic E-state index is -0.462. The summed E-state index contributed by atoms with van der Waals surface area (Å²) in [4.78, 5) is 12.8. The zero-order chi connectivity index (χ0) is 18.8. The first-order valence-corrected chi connectivity index (χ1v) is 8.88. The van der Waals surface area contributed by atoms with E-state index in [1.54, 1.807) is 7.11 Å². The number of hydrogen-bond acceptors (Lipinski definition) is 4. The first-order valence-electron chi connectivity index (χ1n) is 8.47. The van der Waals surface area contributed by atoms with Crippen LogP contribution in [0.2, 0.25) is 0 Å². The molecule has 0 saturated heterocycles. The zero-order valence-electron chi connectivity index (χ0n) is 15.3. The van der Waals surface area contributed by atoms with Crippen LogP contribution in [-0.4, -0.2) is 24.3 Å². The standard InChI is InChI=1S/C20H22N2O3S/c1-11(2)25-19(23)16-12(3)21-20(26)22-18(16)17-14-8-6-5-7-13(14)9-10-15(17)24-4/h5-11,18H,1-4H3,(H2,21,22,26). The minimum absolute atomic E-state index is 0.216. The molecule has 1 heterocycles. The van der Waals surface area contributed by atoms with Crippen molar-refractivity contribution >= 4 is 34.1 Å². The highest BCUT2D eigenvalue weighted by Gasteiger charge is 2.34. The molecule has 2 N–H and O–H groups in total. The molecule has 1 unspecified atom stereocenters. The van der Waals surface area contributed by atoms with Crippen LogP contribution in [0.5, 0.6) is 5.75 Å². The molecule has 0 fully saturated rings. The summed E-state index contributed by atoms with van der Waals surface area (Å²) in [6, 6.07) is 11.4. The van der Waals surface area contributed by atoms with Gasteiger partial charge in [-0.05, 0) is 49.8 Å². The number of nitrogens with one attached hydrogen (secondary N) is 2. The van der Waals surface area contributed by atoms with Gasteiger partial charge >= 0.3 is 5.97 Å². The summed E-state index contributed by atoms with van der Waals surface area (Å²) in [6.07, 6.45) is -0.216. The van der Waals surface area contributed by atoms with Crippen LogP contribution < -0.4 is 15.4 Å². The number of carbonyl (C=O) groups excluding carboxylic acids is 1. The highest BCUT2D eigenvalue weighted by molar-refractivity contribution is 7.80. The number of methoxy groups -OCH3 is 1. The van der Waals surface area contributed by atoms with E-state index < -0.39 is 6.04 Å². The number of thiocarbonyl (C=S) groups is 1. The van der Waals surface area contributed by atoms with Gasteiger partial charge in [-0.3, -0.25) is 0 Å². The van der Waals surface area contributed by atoms with Gasteiger partial charge in [-0.2, -0.15) is 0 Å². The van der Waals surface area contributed by atoms with E-state index in [-0.39, 0.29) is 12.1 Å². The zero-order valence-corrected chi connectivity index (χ0v) is 16.1. The van der Waals surface area contributed by atoms with Gasteiger partial charge in [0.2, 0.25) is 0 Å². The molecule has 2 aromatic carbocycles. The number of ether oxygens (including phenoxy) is 2. The Balaban J connectivity index is 2.22. The number of benzene rings is 2. The van der Waals surface area contributed by atoms with Crippen molar-refractivity contribution in [2.75, 3.05) is 7.11 Å². The maximum absolute atomic E-state index is 12.8. The van der Waals surface area contributed by atoms with E-state index in [4.69, 9.17) is 21.7 Å². The number of hydrogen-bond donors (Lipinski definition) is 2. The van der Waals surface area contributed by atoms with Crippen LogP contribution in [0.15, 0.2) is 47.7 Å². The van der Waals surface area contributed by atoms with Crippen LogP contribution >= 0.6 is 12.2 Å². The van der Waals surface area contributed by atoms with Crippen LogP contribution in [0.4, 0.5) is 0 Å². The number of fused-ring (bicyclic) bond motifs is 1. The molecule has 1 atom stereocenters. The van der Waals surface area contributed by atoms with Crippen molar-refractivity contribution in [3.63, 3.8) is 0 Å². The molecule has 3 rings (SSSR count). The van der Waals surface area contributed by atoms with Crippen molar-refractivity contribution in [3.8, 4) is 5.75 Å². The lowest BCUT2D eigenvalue weighted by atomic mass is 9.90. The molecule has 0 bridgehead atoms. The molecule has 136 valence electrons. The predicted octanol–water partition coefficient (Wildman–Crippen LogP) is 3.59. The Morgan fingerprint density at radius 3 is 2.62 bits per heavy atom. The second-order valence-electron chi connectivity index (χ2n) is 6.43. The largest absolute Gasteiger partial charge is 0.496 e. The lowest BCUT2D eigenvalue weighted by Gasteiger charge is -2.31. The van der Waals surface area contributed by atoms with Gasteiger partial charge in [0.15, 0.2) is 5.11 Å². The molecule has 0 aromatic heterocycles.